The second-order valence-electron chi connectivity index (χ2n) is 5.62. The van der Waals surface area contributed by atoms with E-state index in [4.69, 9.17) is 11.6 Å². The van der Waals surface area contributed by atoms with E-state index < -0.39 is 0 Å². The van der Waals surface area contributed by atoms with Crippen LogP contribution in [-0.2, 0) is 11.3 Å². The summed E-state index contributed by atoms with van der Waals surface area (Å²) >= 11 is 5.99. The summed E-state index contributed by atoms with van der Waals surface area (Å²) in [6, 6.07) is 5.41. The number of aromatic amines is 1. The zero-order valence-corrected chi connectivity index (χ0v) is 11.9. The van der Waals surface area contributed by atoms with Crippen molar-refractivity contribution in [2.45, 2.75) is 26.3 Å². The third-order valence-electron chi connectivity index (χ3n) is 3.91. The van der Waals surface area contributed by atoms with Gasteiger partial charge in [-0.2, -0.15) is 0 Å². The zero-order valence-electron chi connectivity index (χ0n) is 11.1. The summed E-state index contributed by atoms with van der Waals surface area (Å²) in [4.78, 5) is 25.9. The predicted molar refractivity (Wildman–Crippen MR) is 77.9 cm³/mol. The first-order chi connectivity index (χ1) is 9.51. The first-order valence-corrected chi connectivity index (χ1v) is 6.94. The van der Waals surface area contributed by atoms with Crippen molar-refractivity contribution in [3.63, 3.8) is 0 Å². The van der Waals surface area contributed by atoms with Crippen LogP contribution in [0.25, 0.3) is 10.9 Å². The molecule has 2 N–H and O–H groups in total. The zero-order chi connectivity index (χ0) is 14.3. The Hall–Kier alpha value is -1.81. The van der Waals surface area contributed by atoms with Gasteiger partial charge in [0.2, 0.25) is 5.91 Å². The van der Waals surface area contributed by atoms with Gasteiger partial charge < -0.3 is 10.3 Å². The molecule has 0 aliphatic heterocycles. The van der Waals surface area contributed by atoms with Gasteiger partial charge in [0.25, 0.3) is 0 Å². The van der Waals surface area contributed by atoms with Crippen molar-refractivity contribution < 1.29 is 9.59 Å². The van der Waals surface area contributed by atoms with Crippen molar-refractivity contribution >= 4 is 34.7 Å². The number of hydrogen-bond donors (Lipinski definition) is 2. The number of rotatable bonds is 4. The van der Waals surface area contributed by atoms with Crippen LogP contribution in [0.5, 0.6) is 0 Å². The van der Waals surface area contributed by atoms with E-state index in [0.717, 1.165) is 35.7 Å². The number of carbonyl (C=O) groups is 2. The van der Waals surface area contributed by atoms with Crippen LogP contribution in [0.15, 0.2) is 18.2 Å². The maximum absolute atomic E-state index is 11.9. The van der Waals surface area contributed by atoms with E-state index in [1.807, 2.05) is 13.0 Å². The second-order valence-corrected chi connectivity index (χ2v) is 6.02. The van der Waals surface area contributed by atoms with Crippen LogP contribution < -0.4 is 5.32 Å². The number of benzene rings is 1. The maximum Gasteiger partial charge on any atom is 0.226 e. The monoisotopic (exact) mass is 290 g/mol. The minimum atomic E-state index is -0.167. The molecule has 0 atom stereocenters. The molecule has 1 aliphatic carbocycles. The van der Waals surface area contributed by atoms with Crippen molar-refractivity contribution in [1.82, 2.24) is 10.3 Å². The van der Waals surface area contributed by atoms with E-state index in [2.05, 4.69) is 10.3 Å². The molecule has 1 aromatic carbocycles. The number of aromatic nitrogens is 1. The Morgan fingerprint density at radius 3 is 2.85 bits per heavy atom. The molecule has 104 valence electrons. The molecule has 1 fully saturated rings. The molecule has 1 heterocycles. The standard InChI is InChI=1S/C15H15ClN2O2/c1-15(2-3-15)14(20)17-7-11-4-9-5-12(16)10(8-19)6-13(9)18-11/h4-6,8,18H,2-3,7H2,1H3,(H,17,20). The average molecular weight is 291 g/mol. The lowest BCUT2D eigenvalue weighted by atomic mass is 10.1. The van der Waals surface area contributed by atoms with Gasteiger partial charge in [0.15, 0.2) is 6.29 Å². The molecule has 0 unspecified atom stereocenters. The Bertz CT molecular complexity index is 701. The first-order valence-electron chi connectivity index (χ1n) is 6.56. The minimum absolute atomic E-state index is 0.0998. The smallest absolute Gasteiger partial charge is 0.226 e. The molecule has 1 amide bonds. The van der Waals surface area contributed by atoms with Gasteiger partial charge in [-0.3, -0.25) is 9.59 Å². The third kappa shape index (κ3) is 2.31. The molecule has 3 rings (SSSR count). The van der Waals surface area contributed by atoms with Crippen molar-refractivity contribution in [2.24, 2.45) is 5.41 Å². The summed E-state index contributed by atoms with van der Waals surface area (Å²) in [6.07, 6.45) is 2.66. The normalized spacial score (nSPS) is 16.1. The Morgan fingerprint density at radius 2 is 2.20 bits per heavy atom. The van der Waals surface area contributed by atoms with Crippen molar-refractivity contribution in [1.29, 1.82) is 0 Å². The highest BCUT2D eigenvalue weighted by Crippen LogP contribution is 2.45. The van der Waals surface area contributed by atoms with Crippen LogP contribution in [0.2, 0.25) is 5.02 Å². The molecule has 0 saturated heterocycles. The van der Waals surface area contributed by atoms with E-state index in [1.54, 1.807) is 12.1 Å². The van der Waals surface area contributed by atoms with Crippen molar-refractivity contribution in [2.75, 3.05) is 0 Å². The number of H-pyrrole nitrogens is 1. The summed E-state index contributed by atoms with van der Waals surface area (Å²) in [5.74, 6) is 0.0998. The topological polar surface area (TPSA) is 62.0 Å². The summed E-state index contributed by atoms with van der Waals surface area (Å²) in [7, 11) is 0. The molecular formula is C15H15ClN2O2. The number of carbonyl (C=O) groups excluding carboxylic acids is 2. The lowest BCUT2D eigenvalue weighted by Crippen LogP contribution is -2.29. The summed E-state index contributed by atoms with van der Waals surface area (Å²) < 4.78 is 0. The van der Waals surface area contributed by atoms with Gasteiger partial charge in [-0.1, -0.05) is 18.5 Å². The summed E-state index contributed by atoms with van der Waals surface area (Å²) in [5.41, 5.74) is 2.04. The van der Waals surface area contributed by atoms with Gasteiger partial charge in [0.1, 0.15) is 0 Å². The van der Waals surface area contributed by atoms with Crippen LogP contribution in [0, 0.1) is 5.41 Å². The van der Waals surface area contributed by atoms with E-state index in [0.29, 0.717) is 17.1 Å². The number of aldehydes is 1. The number of hydrogen-bond acceptors (Lipinski definition) is 2. The minimum Gasteiger partial charge on any atom is -0.357 e. The van der Waals surface area contributed by atoms with Crippen LogP contribution >= 0.6 is 11.6 Å². The molecule has 0 spiro atoms. The van der Waals surface area contributed by atoms with E-state index in [1.165, 1.54) is 0 Å². The number of nitrogens with one attached hydrogen (secondary N) is 2. The average Bonchev–Trinajstić information content (AvgIpc) is 3.05. The van der Waals surface area contributed by atoms with Gasteiger partial charge >= 0.3 is 0 Å². The van der Waals surface area contributed by atoms with Crippen molar-refractivity contribution in [3.05, 3.63) is 34.5 Å². The second kappa shape index (κ2) is 4.63. The lowest BCUT2D eigenvalue weighted by molar-refractivity contribution is -0.125. The maximum atomic E-state index is 11.9. The molecule has 5 heteroatoms. The molecule has 2 aromatic rings. The quantitative estimate of drug-likeness (QED) is 0.850. The van der Waals surface area contributed by atoms with E-state index >= 15 is 0 Å². The van der Waals surface area contributed by atoms with E-state index in [-0.39, 0.29) is 11.3 Å². The number of amides is 1. The van der Waals surface area contributed by atoms with Crippen LogP contribution in [-0.4, -0.2) is 17.2 Å². The fourth-order valence-corrected chi connectivity index (χ4v) is 2.44. The first kappa shape index (κ1) is 13.2. The van der Waals surface area contributed by atoms with Crippen molar-refractivity contribution in [3.8, 4) is 0 Å². The molecular weight excluding hydrogens is 276 g/mol. The number of fused-ring (bicyclic) bond motifs is 1. The van der Waals surface area contributed by atoms with Crippen LogP contribution in [0.4, 0.5) is 0 Å². The Labute approximate surface area is 121 Å². The SMILES string of the molecule is CC1(C(=O)NCc2cc3cc(Cl)c(C=O)cc3[nH]2)CC1. The highest BCUT2D eigenvalue weighted by molar-refractivity contribution is 6.33. The Balaban J connectivity index is 1.79. The summed E-state index contributed by atoms with van der Waals surface area (Å²) in [6.45, 7) is 2.43. The molecule has 1 aliphatic rings. The predicted octanol–water partition coefficient (Wildman–Crippen LogP) is 3.05. The van der Waals surface area contributed by atoms with Crippen LogP contribution in [0.3, 0.4) is 0 Å². The molecule has 0 bridgehead atoms. The van der Waals surface area contributed by atoms with Gasteiger partial charge in [-0.25, -0.2) is 0 Å². The van der Waals surface area contributed by atoms with Gasteiger partial charge in [-0.15, -0.1) is 0 Å². The summed E-state index contributed by atoms with van der Waals surface area (Å²) in [5, 5.41) is 4.30. The molecule has 20 heavy (non-hydrogen) atoms. The fourth-order valence-electron chi connectivity index (χ4n) is 2.22. The third-order valence-corrected chi connectivity index (χ3v) is 4.24. The number of halogens is 1. The van der Waals surface area contributed by atoms with Gasteiger partial charge in [0, 0.05) is 27.6 Å². The molecule has 1 saturated carbocycles. The van der Waals surface area contributed by atoms with Crippen LogP contribution in [0.1, 0.15) is 35.8 Å². The highest BCUT2D eigenvalue weighted by atomic mass is 35.5. The molecule has 1 aromatic heterocycles. The Kier molecular flexibility index (Phi) is 3.05. The highest BCUT2D eigenvalue weighted by Gasteiger charge is 2.44. The Morgan fingerprint density at radius 1 is 1.45 bits per heavy atom. The fraction of sp³-hybridized carbons (Fsp3) is 0.333. The molecule has 4 nitrogen and oxygen atoms in total. The molecule has 0 radical (unpaired) electrons. The van der Waals surface area contributed by atoms with Gasteiger partial charge in [0.05, 0.1) is 11.6 Å². The van der Waals surface area contributed by atoms with E-state index in [9.17, 15) is 9.59 Å². The largest absolute Gasteiger partial charge is 0.357 e. The van der Waals surface area contributed by atoms with Gasteiger partial charge in [-0.05, 0) is 31.0 Å². The lowest BCUT2D eigenvalue weighted by Gasteiger charge is -2.08.